The van der Waals surface area contributed by atoms with E-state index in [2.05, 4.69) is 4.98 Å². The van der Waals surface area contributed by atoms with Crippen molar-refractivity contribution in [2.45, 2.75) is 69.4 Å². The minimum absolute atomic E-state index is 0.0390. The maximum Gasteiger partial charge on any atom is 0.410 e. The Kier molecular flexibility index (Phi) is 4.33. The lowest BCUT2D eigenvalue weighted by Crippen LogP contribution is -2.65. The molecule has 2 aliphatic carbocycles. The predicted octanol–water partition coefficient (Wildman–Crippen LogP) is 3.47. The molecule has 0 unspecified atom stereocenters. The topological polar surface area (TPSA) is 78.5 Å². The largest absolute Gasteiger partial charge is 0.446 e. The van der Waals surface area contributed by atoms with Crippen LogP contribution in [0.15, 0.2) is 24.3 Å². The number of imidazole rings is 1. The van der Waals surface area contributed by atoms with E-state index in [0.717, 1.165) is 61.3 Å². The zero-order valence-electron chi connectivity index (χ0n) is 17.7. The van der Waals surface area contributed by atoms with Gasteiger partial charge in [-0.1, -0.05) is 18.2 Å². The molecule has 6 rings (SSSR count). The van der Waals surface area contributed by atoms with Gasteiger partial charge in [0.05, 0.1) is 12.2 Å². The number of aryl methyl sites for hydroxylation is 2. The number of nitrogens with one attached hydrogen (secondary N) is 1. The van der Waals surface area contributed by atoms with E-state index in [0.29, 0.717) is 19.6 Å². The third-order valence-electron chi connectivity index (χ3n) is 7.43. The molecule has 4 aliphatic rings. The molecule has 162 valence electrons. The summed E-state index contributed by atoms with van der Waals surface area (Å²) in [7, 11) is 0. The fourth-order valence-corrected chi connectivity index (χ4v) is 5.75. The first-order chi connectivity index (χ1) is 15.1. The highest BCUT2D eigenvalue weighted by Crippen LogP contribution is 2.48. The Morgan fingerprint density at radius 2 is 1.90 bits per heavy atom. The molecule has 31 heavy (non-hydrogen) atoms. The van der Waals surface area contributed by atoms with E-state index in [-0.39, 0.29) is 18.1 Å². The lowest BCUT2D eigenvalue weighted by Gasteiger charge is -2.46. The SMILES string of the molecule is O=C(OC1CCCC1)N1CC2(C1)C(=O)N(Cc1nc3c([nH]1)CCCC3)c1ccccc12. The number of amides is 2. The smallest absolute Gasteiger partial charge is 0.410 e. The number of para-hydroxylation sites is 1. The van der Waals surface area contributed by atoms with Gasteiger partial charge in [0.2, 0.25) is 5.91 Å². The first kappa shape index (κ1) is 18.9. The van der Waals surface area contributed by atoms with E-state index in [4.69, 9.17) is 9.72 Å². The summed E-state index contributed by atoms with van der Waals surface area (Å²) in [5.41, 5.74) is 3.67. The first-order valence-electron chi connectivity index (χ1n) is 11.6. The summed E-state index contributed by atoms with van der Waals surface area (Å²) in [5, 5.41) is 0. The summed E-state index contributed by atoms with van der Waals surface area (Å²) in [6.07, 6.45) is 8.33. The standard InChI is InChI=1S/C24H28N4O3/c29-22-24(14-27(15-24)23(30)31-16-7-1-2-8-16)17-9-3-6-12-20(17)28(22)13-21-25-18-10-4-5-11-19(18)26-21/h3,6,9,12,16H,1-2,4-5,7-8,10-11,13-15H2,(H,25,26). The molecule has 2 aromatic rings. The van der Waals surface area contributed by atoms with Gasteiger partial charge in [0.15, 0.2) is 0 Å². The number of hydrogen-bond donors (Lipinski definition) is 1. The Bertz CT molecular complexity index is 1010. The van der Waals surface area contributed by atoms with Crippen LogP contribution >= 0.6 is 0 Å². The fraction of sp³-hybridized carbons (Fsp3) is 0.542. The summed E-state index contributed by atoms with van der Waals surface area (Å²) in [6, 6.07) is 7.98. The Labute approximate surface area is 181 Å². The van der Waals surface area contributed by atoms with Gasteiger partial charge < -0.3 is 19.5 Å². The Morgan fingerprint density at radius 1 is 1.13 bits per heavy atom. The number of likely N-dealkylation sites (tertiary alicyclic amines) is 1. The van der Waals surface area contributed by atoms with Gasteiger partial charge in [-0.15, -0.1) is 0 Å². The molecule has 1 saturated carbocycles. The highest BCUT2D eigenvalue weighted by molar-refractivity contribution is 6.09. The van der Waals surface area contributed by atoms with Gasteiger partial charge in [-0.3, -0.25) is 4.79 Å². The highest BCUT2D eigenvalue weighted by atomic mass is 16.6. The molecule has 1 N–H and O–H groups in total. The van der Waals surface area contributed by atoms with Gasteiger partial charge in [0.25, 0.3) is 0 Å². The van der Waals surface area contributed by atoms with E-state index in [1.165, 1.54) is 18.5 Å². The van der Waals surface area contributed by atoms with E-state index in [1.54, 1.807) is 4.90 Å². The van der Waals surface area contributed by atoms with Crippen molar-refractivity contribution in [2.24, 2.45) is 0 Å². The predicted molar refractivity (Wildman–Crippen MR) is 115 cm³/mol. The highest BCUT2D eigenvalue weighted by Gasteiger charge is 2.59. The number of fused-ring (bicyclic) bond motifs is 3. The number of aromatic nitrogens is 2. The number of anilines is 1. The summed E-state index contributed by atoms with van der Waals surface area (Å²) in [5.74, 6) is 0.914. The second kappa shape index (κ2) is 7.11. The number of rotatable bonds is 3. The van der Waals surface area contributed by atoms with Crippen LogP contribution in [0.2, 0.25) is 0 Å². The van der Waals surface area contributed by atoms with Crippen LogP contribution in [0.4, 0.5) is 10.5 Å². The normalized spacial score (nSPS) is 21.9. The number of benzene rings is 1. The fourth-order valence-electron chi connectivity index (χ4n) is 5.75. The molecule has 3 heterocycles. The lowest BCUT2D eigenvalue weighted by molar-refractivity contribution is -0.128. The number of aromatic amines is 1. The van der Waals surface area contributed by atoms with Crippen molar-refractivity contribution in [1.82, 2.24) is 14.9 Å². The van der Waals surface area contributed by atoms with Gasteiger partial charge in [-0.05, 0) is 63.0 Å². The number of H-pyrrole nitrogens is 1. The monoisotopic (exact) mass is 420 g/mol. The molecule has 2 amide bonds. The third kappa shape index (κ3) is 2.97. The number of carbonyl (C=O) groups is 2. The van der Waals surface area contributed by atoms with E-state index in [9.17, 15) is 9.59 Å². The van der Waals surface area contributed by atoms with E-state index in [1.807, 2.05) is 29.2 Å². The Balaban J connectivity index is 1.22. The molecule has 1 aromatic carbocycles. The molecule has 7 heteroatoms. The van der Waals surface area contributed by atoms with Crippen LogP contribution in [0, 0.1) is 0 Å². The zero-order chi connectivity index (χ0) is 21.0. The van der Waals surface area contributed by atoms with Crippen LogP contribution < -0.4 is 4.90 Å². The molecule has 0 radical (unpaired) electrons. The molecular weight excluding hydrogens is 392 g/mol. The van der Waals surface area contributed by atoms with Crippen LogP contribution in [0.5, 0.6) is 0 Å². The van der Waals surface area contributed by atoms with Crippen LogP contribution in [-0.2, 0) is 34.3 Å². The van der Waals surface area contributed by atoms with Crippen LogP contribution in [0.3, 0.4) is 0 Å². The van der Waals surface area contributed by atoms with E-state index < -0.39 is 5.41 Å². The number of nitrogens with zero attached hydrogens (tertiary/aromatic N) is 3. The zero-order valence-corrected chi connectivity index (χ0v) is 17.7. The van der Waals surface area contributed by atoms with Crippen molar-refractivity contribution in [3.63, 3.8) is 0 Å². The summed E-state index contributed by atoms with van der Waals surface area (Å²) in [6.45, 7) is 1.22. The van der Waals surface area contributed by atoms with Gasteiger partial charge >= 0.3 is 6.09 Å². The van der Waals surface area contributed by atoms with Crippen LogP contribution in [-0.4, -0.2) is 46.1 Å². The van der Waals surface area contributed by atoms with Crippen molar-refractivity contribution < 1.29 is 14.3 Å². The number of ether oxygens (including phenoxy) is 1. The van der Waals surface area contributed by atoms with Gasteiger partial charge in [0, 0.05) is 24.5 Å². The molecular formula is C24H28N4O3. The van der Waals surface area contributed by atoms with Crippen molar-refractivity contribution >= 4 is 17.7 Å². The maximum absolute atomic E-state index is 13.6. The molecule has 1 spiro atoms. The van der Waals surface area contributed by atoms with Gasteiger partial charge in [-0.2, -0.15) is 0 Å². The molecule has 2 fully saturated rings. The Morgan fingerprint density at radius 3 is 2.71 bits per heavy atom. The lowest BCUT2D eigenvalue weighted by atomic mass is 9.75. The van der Waals surface area contributed by atoms with Gasteiger partial charge in [-0.25, -0.2) is 9.78 Å². The summed E-state index contributed by atoms with van der Waals surface area (Å²) >= 11 is 0. The summed E-state index contributed by atoms with van der Waals surface area (Å²) in [4.78, 5) is 38.0. The second-order valence-corrected chi connectivity index (χ2v) is 9.45. The summed E-state index contributed by atoms with van der Waals surface area (Å²) < 4.78 is 5.66. The molecule has 0 atom stereocenters. The molecule has 0 bridgehead atoms. The third-order valence-corrected chi connectivity index (χ3v) is 7.43. The maximum atomic E-state index is 13.6. The van der Waals surface area contributed by atoms with Crippen LogP contribution in [0.25, 0.3) is 0 Å². The average molecular weight is 421 g/mol. The Hall–Kier alpha value is -2.83. The number of hydrogen-bond acceptors (Lipinski definition) is 4. The molecule has 2 aliphatic heterocycles. The molecule has 7 nitrogen and oxygen atoms in total. The second-order valence-electron chi connectivity index (χ2n) is 9.45. The molecule has 1 aromatic heterocycles. The quantitative estimate of drug-likeness (QED) is 0.825. The number of carbonyl (C=O) groups excluding carboxylic acids is 2. The first-order valence-corrected chi connectivity index (χ1v) is 11.6. The average Bonchev–Trinajstić information content (AvgIpc) is 3.45. The van der Waals surface area contributed by atoms with Gasteiger partial charge in [0.1, 0.15) is 17.3 Å². The van der Waals surface area contributed by atoms with E-state index >= 15 is 0 Å². The van der Waals surface area contributed by atoms with Crippen molar-refractivity contribution in [1.29, 1.82) is 0 Å². The van der Waals surface area contributed by atoms with Crippen molar-refractivity contribution in [3.8, 4) is 0 Å². The minimum atomic E-state index is -0.655. The molecule has 1 saturated heterocycles. The van der Waals surface area contributed by atoms with Crippen LogP contribution in [0.1, 0.15) is 61.3 Å². The van der Waals surface area contributed by atoms with Crippen molar-refractivity contribution in [3.05, 3.63) is 47.0 Å². The van der Waals surface area contributed by atoms with Crippen molar-refractivity contribution in [2.75, 3.05) is 18.0 Å². The minimum Gasteiger partial charge on any atom is -0.446 e.